The molecule has 9 heteroatoms. The van der Waals surface area contributed by atoms with E-state index >= 15 is 0 Å². The maximum Gasteiger partial charge on any atom is 0.247 e. The summed E-state index contributed by atoms with van der Waals surface area (Å²) in [5.74, 6) is -1.05. The number of carbonyl (C=O) groups excluding carboxylic acids is 3. The zero-order valence-corrected chi connectivity index (χ0v) is 24.3. The molecule has 1 N–H and O–H groups in total. The number of carbonyl (C=O) groups is 3. The van der Waals surface area contributed by atoms with Gasteiger partial charge in [-0.2, -0.15) is 0 Å². The van der Waals surface area contributed by atoms with Gasteiger partial charge in [-0.3, -0.25) is 14.4 Å². The second-order valence-electron chi connectivity index (χ2n) is 11.0. The number of benzene rings is 1. The summed E-state index contributed by atoms with van der Waals surface area (Å²) >= 11 is 1.63. The van der Waals surface area contributed by atoms with Crippen molar-refractivity contribution in [2.45, 2.75) is 62.1 Å². The van der Waals surface area contributed by atoms with Gasteiger partial charge < -0.3 is 24.5 Å². The third-order valence-electron chi connectivity index (χ3n) is 8.39. The molecule has 3 amide bonds. The molecule has 2 unspecified atom stereocenters. The average molecular weight is 556 g/mol. The lowest BCUT2D eigenvalue weighted by atomic mass is 9.66. The van der Waals surface area contributed by atoms with E-state index in [4.69, 9.17) is 4.74 Å². The number of rotatable bonds is 12. The fraction of sp³-hybridized carbons (Fsp3) is 0.567. The van der Waals surface area contributed by atoms with Gasteiger partial charge in [0.1, 0.15) is 11.8 Å². The number of β-amino-alcohol motifs (C(OH)–C–C–N with tert-alkyl or cyclic N) is 1. The third kappa shape index (κ3) is 4.78. The number of fused-ring (bicyclic) bond motifs is 1. The van der Waals surface area contributed by atoms with E-state index in [9.17, 15) is 19.5 Å². The molecule has 212 valence electrons. The Morgan fingerprint density at radius 3 is 2.41 bits per heavy atom. The highest BCUT2D eigenvalue weighted by molar-refractivity contribution is 8.02. The van der Waals surface area contributed by atoms with Gasteiger partial charge in [0, 0.05) is 36.1 Å². The number of aliphatic hydroxyl groups is 1. The summed E-state index contributed by atoms with van der Waals surface area (Å²) in [7, 11) is 0. The molecule has 2 bridgehead atoms. The van der Waals surface area contributed by atoms with Crippen molar-refractivity contribution < 1.29 is 24.2 Å². The Kier molecular flexibility index (Phi) is 8.52. The van der Waals surface area contributed by atoms with Gasteiger partial charge in [-0.25, -0.2) is 0 Å². The van der Waals surface area contributed by atoms with Gasteiger partial charge in [-0.05, 0) is 64.8 Å². The molecule has 5 atom stereocenters. The van der Waals surface area contributed by atoms with Crippen molar-refractivity contribution in [1.82, 2.24) is 9.80 Å². The highest BCUT2D eigenvalue weighted by Crippen LogP contribution is 2.71. The normalized spacial score (nSPS) is 28.9. The predicted octanol–water partition coefficient (Wildman–Crippen LogP) is 3.50. The zero-order valence-electron chi connectivity index (χ0n) is 23.5. The Bertz CT molecular complexity index is 1120. The standard InChI is InChI=1S/C30H41N3O5S/c1-7-16-31(20(4)5)28(37)25-30-15-14-29(6,39-30)23(24(30)27(36)33(25)18-19-34)26(35)32(17-8-2)21-10-12-22(13-11-21)38-9-3/h7-8,10-13,20,23-25,34H,1-2,9,14-19H2,3-6H3/t23-,24-,25?,29+,30?/m0/s1. The van der Waals surface area contributed by atoms with E-state index in [1.807, 2.05) is 45.0 Å². The maximum absolute atomic E-state index is 14.4. The molecule has 3 aliphatic rings. The summed E-state index contributed by atoms with van der Waals surface area (Å²) in [6.07, 6.45) is 4.76. The van der Waals surface area contributed by atoms with Crippen molar-refractivity contribution in [1.29, 1.82) is 0 Å². The number of hydrogen-bond donors (Lipinski definition) is 1. The number of likely N-dealkylation sites (tertiary alicyclic amines) is 1. The average Bonchev–Trinajstić information content (AvgIpc) is 3.47. The monoisotopic (exact) mass is 555 g/mol. The minimum absolute atomic E-state index is 0.0565. The molecule has 3 aliphatic heterocycles. The molecule has 3 saturated heterocycles. The summed E-state index contributed by atoms with van der Waals surface area (Å²) in [6.45, 7) is 16.6. The van der Waals surface area contributed by atoms with Crippen LogP contribution in [-0.2, 0) is 14.4 Å². The molecular weight excluding hydrogens is 514 g/mol. The molecule has 1 aromatic carbocycles. The second-order valence-corrected chi connectivity index (χ2v) is 12.9. The van der Waals surface area contributed by atoms with Crippen molar-refractivity contribution in [2.24, 2.45) is 11.8 Å². The van der Waals surface area contributed by atoms with E-state index in [0.29, 0.717) is 31.8 Å². The highest BCUT2D eigenvalue weighted by atomic mass is 32.2. The highest BCUT2D eigenvalue weighted by Gasteiger charge is 2.77. The van der Waals surface area contributed by atoms with Crippen molar-refractivity contribution in [2.75, 3.05) is 37.7 Å². The smallest absolute Gasteiger partial charge is 0.247 e. The molecule has 39 heavy (non-hydrogen) atoms. The summed E-state index contributed by atoms with van der Waals surface area (Å²) in [5.41, 5.74) is 0.705. The first kappa shape index (κ1) is 29.2. The third-order valence-corrected chi connectivity index (χ3v) is 10.4. The minimum atomic E-state index is -0.743. The molecule has 0 aliphatic carbocycles. The number of aliphatic hydroxyl groups excluding tert-OH is 1. The van der Waals surface area contributed by atoms with E-state index in [-0.39, 0.29) is 36.9 Å². The van der Waals surface area contributed by atoms with Crippen molar-refractivity contribution >= 4 is 35.2 Å². The van der Waals surface area contributed by atoms with Crippen molar-refractivity contribution in [3.8, 4) is 5.75 Å². The van der Waals surface area contributed by atoms with Crippen molar-refractivity contribution in [3.63, 3.8) is 0 Å². The second kappa shape index (κ2) is 11.4. The first-order valence-corrected chi connectivity index (χ1v) is 14.6. The fourth-order valence-electron chi connectivity index (χ4n) is 6.79. The van der Waals surface area contributed by atoms with Crippen LogP contribution in [0.25, 0.3) is 0 Å². The lowest BCUT2D eigenvalue weighted by Gasteiger charge is -2.39. The number of nitrogens with zero attached hydrogens (tertiary/aromatic N) is 3. The van der Waals surface area contributed by atoms with E-state index in [2.05, 4.69) is 20.1 Å². The number of anilines is 1. The van der Waals surface area contributed by atoms with Crippen LogP contribution in [-0.4, -0.2) is 87.1 Å². The van der Waals surface area contributed by atoms with Crippen LogP contribution in [0.15, 0.2) is 49.6 Å². The summed E-state index contributed by atoms with van der Waals surface area (Å²) < 4.78 is 4.35. The van der Waals surface area contributed by atoms with Crippen LogP contribution in [0, 0.1) is 11.8 Å². The van der Waals surface area contributed by atoms with E-state index in [1.165, 1.54) is 0 Å². The lowest BCUT2D eigenvalue weighted by Crippen LogP contribution is -2.56. The Labute approximate surface area is 236 Å². The van der Waals surface area contributed by atoms with Crippen LogP contribution in [0.5, 0.6) is 5.75 Å². The van der Waals surface area contributed by atoms with E-state index < -0.39 is 27.4 Å². The Hall–Kier alpha value is -2.78. The van der Waals surface area contributed by atoms with E-state index in [1.54, 1.807) is 38.6 Å². The fourth-order valence-corrected chi connectivity index (χ4v) is 9.13. The molecule has 0 saturated carbocycles. The number of amides is 3. The molecule has 3 fully saturated rings. The van der Waals surface area contributed by atoms with Gasteiger partial charge in [-0.1, -0.05) is 12.2 Å². The van der Waals surface area contributed by atoms with Crippen LogP contribution in [0.1, 0.15) is 40.5 Å². The minimum Gasteiger partial charge on any atom is -0.494 e. The van der Waals surface area contributed by atoms with Gasteiger partial charge >= 0.3 is 0 Å². The quantitative estimate of drug-likeness (QED) is 0.397. The Balaban J connectivity index is 1.75. The van der Waals surface area contributed by atoms with Gasteiger partial charge in [0.2, 0.25) is 17.7 Å². The Morgan fingerprint density at radius 1 is 1.18 bits per heavy atom. The van der Waals surface area contributed by atoms with Crippen molar-refractivity contribution in [3.05, 3.63) is 49.6 Å². The molecule has 8 nitrogen and oxygen atoms in total. The summed E-state index contributed by atoms with van der Waals surface area (Å²) in [4.78, 5) is 47.6. The first-order valence-electron chi connectivity index (χ1n) is 13.8. The molecule has 1 aromatic rings. The topological polar surface area (TPSA) is 90.4 Å². The lowest BCUT2D eigenvalue weighted by molar-refractivity contribution is -0.144. The summed E-state index contributed by atoms with van der Waals surface area (Å²) in [5, 5.41) is 9.88. The zero-order chi connectivity index (χ0) is 28.5. The van der Waals surface area contributed by atoms with Gasteiger partial charge in [-0.15, -0.1) is 24.9 Å². The maximum atomic E-state index is 14.4. The summed E-state index contributed by atoms with van der Waals surface area (Å²) in [6, 6.07) is 6.53. The number of hydrogen-bond acceptors (Lipinski definition) is 6. The van der Waals surface area contributed by atoms with Crippen LogP contribution in [0.4, 0.5) is 5.69 Å². The number of thioether (sulfide) groups is 1. The Morgan fingerprint density at radius 2 is 1.85 bits per heavy atom. The van der Waals surface area contributed by atoms with Gasteiger partial charge in [0.15, 0.2) is 0 Å². The SMILES string of the molecule is C=CCN(C(=O)[C@@H]1[C@H]2C(=O)N(CCO)C(C(=O)N(CC=C)C(C)C)C23CC[C@@]1(C)S3)c1ccc(OCC)cc1. The van der Waals surface area contributed by atoms with E-state index in [0.717, 1.165) is 12.2 Å². The molecule has 1 spiro atoms. The van der Waals surface area contributed by atoms with Crippen LogP contribution >= 0.6 is 11.8 Å². The number of ether oxygens (including phenoxy) is 1. The van der Waals surface area contributed by atoms with Crippen LogP contribution in [0.3, 0.4) is 0 Å². The van der Waals surface area contributed by atoms with Gasteiger partial charge in [0.25, 0.3) is 0 Å². The molecule has 0 radical (unpaired) electrons. The van der Waals surface area contributed by atoms with Crippen LogP contribution in [0.2, 0.25) is 0 Å². The van der Waals surface area contributed by atoms with Crippen LogP contribution < -0.4 is 9.64 Å². The van der Waals surface area contributed by atoms with Gasteiger partial charge in [0.05, 0.1) is 29.8 Å². The largest absolute Gasteiger partial charge is 0.494 e. The molecule has 4 rings (SSSR count). The first-order chi connectivity index (χ1) is 18.6. The molecule has 3 heterocycles. The predicted molar refractivity (Wildman–Crippen MR) is 155 cm³/mol. The molecular formula is C30H41N3O5S. The molecule has 0 aromatic heterocycles.